The van der Waals surface area contributed by atoms with Gasteiger partial charge in [-0.1, -0.05) is 48.0 Å². The molecule has 0 saturated heterocycles. The van der Waals surface area contributed by atoms with Crippen LogP contribution in [0.25, 0.3) is 0 Å². The summed E-state index contributed by atoms with van der Waals surface area (Å²) in [5, 5.41) is 6.08. The molecule has 8 heteroatoms. The average Bonchev–Trinajstić information content (AvgIpc) is 3.01. The molecule has 4 rings (SSSR count). The second kappa shape index (κ2) is 8.67. The third-order valence-corrected chi connectivity index (χ3v) is 5.16. The Morgan fingerprint density at radius 2 is 1.61 bits per heavy atom. The molecule has 0 aromatic heterocycles. The molecule has 1 heterocycles. The number of thiocarbonyl (C=S) groups is 1. The van der Waals surface area contributed by atoms with Crippen LogP contribution in [0.5, 0.6) is 0 Å². The molecule has 3 amide bonds. The predicted octanol–water partition coefficient (Wildman–Crippen LogP) is 4.20. The van der Waals surface area contributed by atoms with Gasteiger partial charge in [0.15, 0.2) is 5.11 Å². The number of hydrogen-bond acceptors (Lipinski definition) is 4. The number of imide groups is 1. The molecule has 3 aromatic carbocycles. The van der Waals surface area contributed by atoms with Crippen molar-refractivity contribution in [3.8, 4) is 0 Å². The van der Waals surface area contributed by atoms with Crippen LogP contribution in [0.2, 0.25) is 5.02 Å². The maximum atomic E-state index is 13.0. The van der Waals surface area contributed by atoms with Crippen LogP contribution in [0.15, 0.2) is 72.8 Å². The van der Waals surface area contributed by atoms with Gasteiger partial charge in [0.1, 0.15) is 0 Å². The van der Waals surface area contributed by atoms with Crippen LogP contribution >= 0.6 is 23.8 Å². The fourth-order valence-electron chi connectivity index (χ4n) is 3.31. The number of halogens is 1. The van der Waals surface area contributed by atoms with Gasteiger partial charge in [-0.05, 0) is 54.2 Å². The summed E-state index contributed by atoms with van der Waals surface area (Å²) in [5.74, 6) is -1.18. The van der Waals surface area contributed by atoms with Crippen LogP contribution in [0, 0.1) is 0 Å². The van der Waals surface area contributed by atoms with E-state index in [1.807, 2.05) is 0 Å². The van der Waals surface area contributed by atoms with Gasteiger partial charge in [0.2, 0.25) is 5.91 Å². The topological polar surface area (TPSA) is 78.5 Å². The van der Waals surface area contributed by atoms with Gasteiger partial charge in [-0.3, -0.25) is 14.4 Å². The van der Waals surface area contributed by atoms with E-state index in [1.165, 1.54) is 0 Å². The van der Waals surface area contributed by atoms with E-state index < -0.39 is 11.8 Å². The molecule has 31 heavy (non-hydrogen) atoms. The van der Waals surface area contributed by atoms with Crippen LogP contribution in [0.4, 0.5) is 11.4 Å². The van der Waals surface area contributed by atoms with Crippen LogP contribution in [0.3, 0.4) is 0 Å². The molecule has 1 aliphatic heterocycles. The number of nitrogens with zero attached hydrogens (tertiary/aromatic N) is 1. The molecule has 2 N–H and O–H groups in total. The number of carbonyl (C=O) groups excluding carboxylic acids is 3. The predicted molar refractivity (Wildman–Crippen MR) is 124 cm³/mol. The lowest BCUT2D eigenvalue weighted by atomic mass is 10.1. The molecule has 0 saturated carbocycles. The summed E-state index contributed by atoms with van der Waals surface area (Å²) in [7, 11) is 0. The van der Waals surface area contributed by atoms with E-state index in [0.717, 1.165) is 10.5 Å². The lowest BCUT2D eigenvalue weighted by Gasteiger charge is -2.14. The number of nitrogens with one attached hydrogen (secondary N) is 2. The highest BCUT2D eigenvalue weighted by Crippen LogP contribution is 2.32. The SMILES string of the molecule is O=C(Cc1ccc(Cl)cc1)NC(=S)Nc1cccc2c1C(=O)N(c1ccccc1)C2=O. The zero-order chi connectivity index (χ0) is 22.0. The monoisotopic (exact) mass is 449 g/mol. The highest BCUT2D eigenvalue weighted by Gasteiger charge is 2.38. The summed E-state index contributed by atoms with van der Waals surface area (Å²) < 4.78 is 0. The maximum absolute atomic E-state index is 13.0. The molecule has 0 spiro atoms. The second-order valence-electron chi connectivity index (χ2n) is 6.81. The van der Waals surface area contributed by atoms with E-state index in [2.05, 4.69) is 10.6 Å². The number of rotatable bonds is 4. The molecule has 0 atom stereocenters. The summed E-state index contributed by atoms with van der Waals surface area (Å²) in [6, 6.07) is 20.5. The van der Waals surface area contributed by atoms with Gasteiger partial charge in [0.25, 0.3) is 11.8 Å². The molecule has 3 aromatic rings. The lowest BCUT2D eigenvalue weighted by Crippen LogP contribution is -2.35. The van der Waals surface area contributed by atoms with Gasteiger partial charge in [0.05, 0.1) is 28.9 Å². The Bertz CT molecular complexity index is 1200. The third kappa shape index (κ3) is 4.33. The quantitative estimate of drug-likeness (QED) is 0.461. The van der Waals surface area contributed by atoms with Gasteiger partial charge < -0.3 is 10.6 Å². The minimum atomic E-state index is -0.454. The number of hydrogen-bond donors (Lipinski definition) is 2. The molecular weight excluding hydrogens is 434 g/mol. The van der Waals surface area contributed by atoms with Gasteiger partial charge in [0, 0.05) is 5.02 Å². The number of anilines is 2. The van der Waals surface area contributed by atoms with Crippen molar-refractivity contribution in [3.05, 3.63) is 94.5 Å². The third-order valence-electron chi connectivity index (χ3n) is 4.71. The number of para-hydroxylation sites is 1. The van der Waals surface area contributed by atoms with Crippen LogP contribution in [-0.4, -0.2) is 22.8 Å². The number of benzene rings is 3. The maximum Gasteiger partial charge on any atom is 0.268 e. The van der Waals surface area contributed by atoms with E-state index in [9.17, 15) is 14.4 Å². The fourth-order valence-corrected chi connectivity index (χ4v) is 3.66. The number of carbonyl (C=O) groups is 3. The molecule has 1 aliphatic rings. The highest BCUT2D eigenvalue weighted by molar-refractivity contribution is 7.80. The lowest BCUT2D eigenvalue weighted by molar-refractivity contribution is -0.119. The van der Waals surface area contributed by atoms with Crippen molar-refractivity contribution in [1.29, 1.82) is 0 Å². The van der Waals surface area contributed by atoms with Crippen molar-refractivity contribution in [2.45, 2.75) is 6.42 Å². The van der Waals surface area contributed by atoms with E-state index >= 15 is 0 Å². The molecule has 154 valence electrons. The standard InChI is InChI=1S/C23H16ClN3O3S/c24-15-11-9-14(10-12-15)13-19(28)26-23(31)25-18-8-4-7-17-20(18)22(30)27(21(17)29)16-5-2-1-3-6-16/h1-12H,13H2,(H2,25,26,28,31). The summed E-state index contributed by atoms with van der Waals surface area (Å²) in [6.07, 6.45) is 0.116. The van der Waals surface area contributed by atoms with E-state index in [4.69, 9.17) is 23.8 Å². The molecule has 0 radical (unpaired) electrons. The minimum Gasteiger partial charge on any atom is -0.332 e. The molecule has 0 aliphatic carbocycles. The Morgan fingerprint density at radius 1 is 0.903 bits per heavy atom. The molecule has 0 unspecified atom stereocenters. The van der Waals surface area contributed by atoms with Gasteiger partial charge in [-0.2, -0.15) is 0 Å². The van der Waals surface area contributed by atoms with Crippen LogP contribution in [-0.2, 0) is 11.2 Å². The van der Waals surface area contributed by atoms with E-state index in [1.54, 1.807) is 72.8 Å². The first kappa shape index (κ1) is 20.7. The smallest absolute Gasteiger partial charge is 0.268 e. The van der Waals surface area contributed by atoms with Gasteiger partial charge in [-0.25, -0.2) is 4.90 Å². The first-order valence-electron chi connectivity index (χ1n) is 9.36. The Balaban J connectivity index is 1.49. The van der Waals surface area contributed by atoms with Crippen LogP contribution < -0.4 is 15.5 Å². The van der Waals surface area contributed by atoms with E-state index in [-0.39, 0.29) is 28.6 Å². The van der Waals surface area contributed by atoms with Crippen molar-refractivity contribution < 1.29 is 14.4 Å². The Morgan fingerprint density at radius 3 is 2.32 bits per heavy atom. The van der Waals surface area contributed by atoms with Crippen molar-refractivity contribution in [3.63, 3.8) is 0 Å². The van der Waals surface area contributed by atoms with Crippen molar-refractivity contribution >= 4 is 58.0 Å². The van der Waals surface area contributed by atoms with Gasteiger partial charge >= 0.3 is 0 Å². The van der Waals surface area contributed by atoms with Crippen molar-refractivity contribution in [2.75, 3.05) is 10.2 Å². The second-order valence-corrected chi connectivity index (χ2v) is 7.66. The normalized spacial score (nSPS) is 12.5. The van der Waals surface area contributed by atoms with Crippen LogP contribution in [0.1, 0.15) is 26.3 Å². The Labute approximate surface area is 188 Å². The summed E-state index contributed by atoms with van der Waals surface area (Å²) in [6.45, 7) is 0. The molecule has 0 fully saturated rings. The minimum absolute atomic E-state index is 0.0331. The number of fused-ring (bicyclic) bond motifs is 1. The van der Waals surface area contributed by atoms with Crippen molar-refractivity contribution in [1.82, 2.24) is 5.32 Å². The summed E-state index contributed by atoms with van der Waals surface area (Å²) in [4.78, 5) is 39.2. The zero-order valence-corrected chi connectivity index (χ0v) is 17.7. The molecular formula is C23H16ClN3O3S. The Kier molecular flexibility index (Phi) is 5.79. The largest absolute Gasteiger partial charge is 0.332 e. The first-order valence-corrected chi connectivity index (χ1v) is 10.1. The highest BCUT2D eigenvalue weighted by atomic mass is 35.5. The van der Waals surface area contributed by atoms with E-state index in [0.29, 0.717) is 16.4 Å². The van der Waals surface area contributed by atoms with Gasteiger partial charge in [-0.15, -0.1) is 0 Å². The molecule has 0 bridgehead atoms. The summed E-state index contributed by atoms with van der Waals surface area (Å²) >= 11 is 11.1. The fraction of sp³-hybridized carbons (Fsp3) is 0.0435. The molecule has 6 nitrogen and oxygen atoms in total. The van der Waals surface area contributed by atoms with Crippen molar-refractivity contribution in [2.24, 2.45) is 0 Å². The summed E-state index contributed by atoms with van der Waals surface area (Å²) in [5.41, 5.74) is 2.11. The number of amides is 3. The zero-order valence-electron chi connectivity index (χ0n) is 16.1. The average molecular weight is 450 g/mol. The Hall–Kier alpha value is -3.55. The first-order chi connectivity index (χ1) is 14.9.